The fourth-order valence-corrected chi connectivity index (χ4v) is 8.45. The lowest BCUT2D eigenvalue weighted by atomic mass is 10.1. The lowest BCUT2D eigenvalue weighted by Gasteiger charge is -2.41. The topological polar surface area (TPSA) is 183 Å². The van der Waals surface area contributed by atoms with Gasteiger partial charge in [-0.05, 0) is 52.4 Å². The fourth-order valence-electron chi connectivity index (χ4n) is 5.03. The predicted octanol–water partition coefficient (Wildman–Crippen LogP) is 5.18. The lowest BCUT2D eigenvalue weighted by molar-refractivity contribution is -0.931. The molecule has 0 spiro atoms. The number of alkyl halides is 12. The Kier molecular flexibility index (Phi) is 19.9. The summed E-state index contributed by atoms with van der Waals surface area (Å²) in [5.41, 5.74) is -24.8. The van der Waals surface area contributed by atoms with Crippen LogP contribution in [0.25, 0.3) is 8.25 Å². The summed E-state index contributed by atoms with van der Waals surface area (Å²) in [4.78, 5) is 0. The Hall–Kier alpha value is -1.28. The van der Waals surface area contributed by atoms with E-state index in [2.05, 4.69) is 13.8 Å². The normalized spacial score (nSPS) is 18.9. The van der Waals surface area contributed by atoms with Gasteiger partial charge in [-0.1, -0.05) is 0 Å². The second-order valence-corrected chi connectivity index (χ2v) is 18.7. The molecule has 30 heteroatoms. The summed E-state index contributed by atoms with van der Waals surface area (Å²) in [6, 6.07) is 0. The summed E-state index contributed by atoms with van der Waals surface area (Å²) in [7, 11) is -26.9. The Labute approximate surface area is 305 Å². The summed E-state index contributed by atoms with van der Waals surface area (Å²) in [6.07, 6.45) is 8.43. The number of rotatable bonds is 15. The van der Waals surface area contributed by atoms with Crippen molar-refractivity contribution in [2.24, 2.45) is 0 Å². The molecule has 2 rings (SSSR count). The Balaban J connectivity index is 0.000000822. The van der Waals surface area contributed by atoms with Gasteiger partial charge in [-0.3, -0.25) is 0 Å². The molecular weight excluding hydrogens is 861 g/mol. The van der Waals surface area contributed by atoms with Crippen molar-refractivity contribution < 1.29 is 105 Å². The van der Waals surface area contributed by atoms with Crippen LogP contribution in [0.4, 0.5) is 52.7 Å². The number of hydrogen-bond acceptors (Lipinski definition) is 10. The number of hydrogen-bond donors (Lipinski definition) is 0. The molecule has 2 aliphatic heterocycles. The molecule has 2 aliphatic rings. The zero-order valence-electron chi connectivity index (χ0n) is 28.8. The predicted molar refractivity (Wildman–Crippen MR) is 167 cm³/mol. The van der Waals surface area contributed by atoms with Crippen LogP contribution in [0.15, 0.2) is 0 Å². The highest BCUT2D eigenvalue weighted by Gasteiger charge is 2.48. The molecule has 0 unspecified atom stereocenters. The fraction of sp³-hybridized carbons (Fsp3) is 1.00. The minimum atomic E-state index is -6.72. The molecule has 0 radical (unpaired) electrons. The van der Waals surface area contributed by atoms with E-state index >= 15 is 0 Å². The van der Waals surface area contributed by atoms with Crippen molar-refractivity contribution in [2.45, 2.75) is 74.4 Å². The van der Waals surface area contributed by atoms with Gasteiger partial charge in [0.15, 0.2) is 40.1 Å². The third-order valence-corrected chi connectivity index (χ3v) is 13.7. The van der Waals surface area contributed by atoms with Crippen molar-refractivity contribution in [2.75, 3.05) is 78.8 Å². The molecule has 0 amide bonds. The van der Waals surface area contributed by atoms with E-state index in [9.17, 15) is 86.4 Å². The SMILES string of the molecule is CC[N+]1(CCOCCOCC[N+]2(CC)CCCCC2)CCCCC1.O=S(=O)([N-]S(=O)(=O)C(F)(F)F)C(F)(F)F.O=S(=O)([N-]S(=O)(=O)C(F)(F)F)C(F)(F)F. The standard InChI is InChI=1S/C20H42N2O2.2C2F6NO4S2/c1-3-21(11-7-5-8-12-21)15-17-23-19-20-24-18-16-22(4-2)13-9-6-10-14-22;2*3-1(4,5)14(10,11)9-15(12,13)2(6,7)8/h3-20H2,1-2H3;;/q+2;2*-1. The highest BCUT2D eigenvalue weighted by Crippen LogP contribution is 2.37. The first-order chi connectivity index (χ1) is 24.2. The minimum absolute atomic E-state index is 0.760. The highest BCUT2D eigenvalue weighted by molar-refractivity contribution is 8.13. The van der Waals surface area contributed by atoms with Gasteiger partial charge in [-0.2, -0.15) is 52.7 Å². The van der Waals surface area contributed by atoms with Gasteiger partial charge in [0, 0.05) is 0 Å². The molecule has 0 aromatic heterocycles. The zero-order chi connectivity index (χ0) is 42.6. The Morgan fingerprint density at radius 2 is 0.648 bits per heavy atom. The number of piperidine rings is 2. The molecule has 14 nitrogen and oxygen atoms in total. The van der Waals surface area contributed by atoms with Gasteiger partial charge in [0.25, 0.3) is 0 Å². The first kappa shape index (κ1) is 52.7. The summed E-state index contributed by atoms with van der Waals surface area (Å²) in [5, 5.41) is 0. The highest BCUT2D eigenvalue weighted by atomic mass is 32.3. The van der Waals surface area contributed by atoms with Crippen LogP contribution in [0, 0.1) is 0 Å². The monoisotopic (exact) mass is 902 g/mol. The maximum absolute atomic E-state index is 11.4. The Morgan fingerprint density at radius 1 is 0.426 bits per heavy atom. The van der Waals surface area contributed by atoms with Gasteiger partial charge in [-0.25, -0.2) is 33.7 Å². The van der Waals surface area contributed by atoms with Crippen LogP contribution in [0.5, 0.6) is 0 Å². The quantitative estimate of drug-likeness (QED) is 0.121. The second kappa shape index (κ2) is 20.4. The van der Waals surface area contributed by atoms with Crippen molar-refractivity contribution >= 4 is 40.1 Å². The van der Waals surface area contributed by atoms with E-state index in [1.807, 2.05) is 0 Å². The lowest BCUT2D eigenvalue weighted by Crippen LogP contribution is -2.53. The number of ether oxygens (including phenoxy) is 2. The van der Waals surface area contributed by atoms with Crippen molar-refractivity contribution in [3.8, 4) is 0 Å². The van der Waals surface area contributed by atoms with Gasteiger partial charge in [0.1, 0.15) is 13.1 Å². The zero-order valence-corrected chi connectivity index (χ0v) is 32.0. The van der Waals surface area contributed by atoms with Crippen LogP contribution >= 0.6 is 0 Å². The first-order valence-electron chi connectivity index (χ1n) is 15.7. The van der Waals surface area contributed by atoms with Crippen molar-refractivity contribution in [3.05, 3.63) is 8.25 Å². The van der Waals surface area contributed by atoms with Crippen LogP contribution in [-0.2, 0) is 49.6 Å². The van der Waals surface area contributed by atoms with Crippen LogP contribution < -0.4 is 0 Å². The van der Waals surface area contributed by atoms with Crippen LogP contribution in [0.2, 0.25) is 0 Å². The first-order valence-corrected chi connectivity index (χ1v) is 21.5. The van der Waals surface area contributed by atoms with E-state index in [0.29, 0.717) is 0 Å². The molecule has 2 heterocycles. The average molecular weight is 903 g/mol. The molecule has 326 valence electrons. The average Bonchev–Trinajstić information content (AvgIpc) is 3.01. The summed E-state index contributed by atoms with van der Waals surface area (Å²) < 4.78 is 233. The van der Waals surface area contributed by atoms with Crippen molar-refractivity contribution in [1.82, 2.24) is 0 Å². The summed E-state index contributed by atoms with van der Waals surface area (Å²) in [6.45, 7) is 18.3. The van der Waals surface area contributed by atoms with E-state index in [4.69, 9.17) is 9.47 Å². The Bertz CT molecular complexity index is 1370. The van der Waals surface area contributed by atoms with E-state index in [-0.39, 0.29) is 0 Å². The molecule has 0 atom stereocenters. The number of quaternary nitrogens is 2. The number of nitrogens with zero attached hydrogens (tertiary/aromatic N) is 4. The molecular formula is C24H42F12N4O10S4. The smallest absolute Gasteiger partial charge is 0.421 e. The molecule has 2 saturated heterocycles. The number of likely N-dealkylation sites (tertiary alicyclic amines) is 2. The van der Waals surface area contributed by atoms with E-state index in [1.54, 1.807) is 0 Å². The van der Waals surface area contributed by atoms with Gasteiger partial charge in [0.05, 0.1) is 65.7 Å². The summed E-state index contributed by atoms with van der Waals surface area (Å²) >= 11 is 0. The molecule has 0 bridgehead atoms. The minimum Gasteiger partial charge on any atom is -0.421 e. The molecule has 0 N–H and O–H groups in total. The second-order valence-electron chi connectivity index (χ2n) is 11.8. The third kappa shape index (κ3) is 17.1. The van der Waals surface area contributed by atoms with E-state index < -0.39 is 62.1 Å². The largest absolute Gasteiger partial charge is 0.480 e. The third-order valence-electron chi connectivity index (χ3n) is 8.23. The van der Waals surface area contributed by atoms with Crippen molar-refractivity contribution in [1.29, 1.82) is 0 Å². The maximum atomic E-state index is 11.4. The maximum Gasteiger partial charge on any atom is 0.480 e. The number of likely N-dealkylation sites (N-methyl/N-ethyl adjacent to an activating group) is 2. The van der Waals surface area contributed by atoms with Gasteiger partial charge in [0.2, 0.25) is 0 Å². The van der Waals surface area contributed by atoms with Gasteiger partial charge in [-0.15, -0.1) is 0 Å². The molecule has 2 fully saturated rings. The Morgan fingerprint density at radius 3 is 0.833 bits per heavy atom. The molecule has 0 aromatic rings. The molecule has 54 heavy (non-hydrogen) atoms. The van der Waals surface area contributed by atoms with Crippen LogP contribution in [0.3, 0.4) is 0 Å². The van der Waals surface area contributed by atoms with Crippen LogP contribution in [-0.4, -0.2) is 143 Å². The van der Waals surface area contributed by atoms with Gasteiger partial charge >= 0.3 is 22.0 Å². The number of halogens is 12. The van der Waals surface area contributed by atoms with E-state index in [0.717, 1.165) is 34.7 Å². The van der Waals surface area contributed by atoms with Gasteiger partial charge < -0.3 is 26.7 Å². The number of sulfonamides is 4. The summed E-state index contributed by atoms with van der Waals surface area (Å²) in [5.74, 6) is 0. The van der Waals surface area contributed by atoms with Crippen LogP contribution in [0.1, 0.15) is 52.4 Å². The molecule has 0 aliphatic carbocycles. The van der Waals surface area contributed by atoms with E-state index in [1.165, 1.54) is 99.8 Å². The molecule has 0 saturated carbocycles. The molecule has 0 aromatic carbocycles. The van der Waals surface area contributed by atoms with Crippen molar-refractivity contribution in [3.63, 3.8) is 0 Å².